The molecular weight excluding hydrogens is 781 g/mol. The lowest BCUT2D eigenvalue weighted by Gasteiger charge is -2.21. The standard InChI is InChI=1S/C57H110O6/c1-4-7-10-13-16-19-22-25-27-29-32-35-38-41-44-47-55(58)60-51-54(62-56(59)48-45-42-39-36-33-30-28-26-23-20-17-14-11-8-5-2)52-61-57-50-49-53(63-57)46-43-40-37-34-31-24-21-18-15-12-9-6-3/h53-54,57H,4-52H2,1-3H3/t53-,54+,57?/m1/s1. The van der Waals surface area contributed by atoms with E-state index in [4.69, 9.17) is 18.9 Å². The maximum Gasteiger partial charge on any atom is 0.306 e. The van der Waals surface area contributed by atoms with Crippen molar-refractivity contribution in [3.8, 4) is 0 Å². The van der Waals surface area contributed by atoms with Gasteiger partial charge < -0.3 is 18.9 Å². The summed E-state index contributed by atoms with van der Waals surface area (Å²) in [5, 5.41) is 0. The summed E-state index contributed by atoms with van der Waals surface area (Å²) in [5.74, 6) is -0.415. The van der Waals surface area contributed by atoms with E-state index in [1.807, 2.05) is 0 Å². The van der Waals surface area contributed by atoms with Crippen molar-refractivity contribution < 1.29 is 28.5 Å². The van der Waals surface area contributed by atoms with Crippen LogP contribution >= 0.6 is 0 Å². The average Bonchev–Trinajstić information content (AvgIpc) is 3.75. The van der Waals surface area contributed by atoms with Crippen LogP contribution in [-0.2, 0) is 28.5 Å². The smallest absolute Gasteiger partial charge is 0.306 e. The van der Waals surface area contributed by atoms with Crippen molar-refractivity contribution in [1.82, 2.24) is 0 Å². The minimum absolute atomic E-state index is 0.0528. The Hall–Kier alpha value is -1.14. The molecule has 6 nitrogen and oxygen atoms in total. The van der Waals surface area contributed by atoms with Crippen molar-refractivity contribution in [2.45, 2.75) is 341 Å². The summed E-state index contributed by atoms with van der Waals surface area (Å²) in [7, 11) is 0. The third-order valence-corrected chi connectivity index (χ3v) is 13.6. The van der Waals surface area contributed by atoms with Gasteiger partial charge in [-0.3, -0.25) is 9.59 Å². The van der Waals surface area contributed by atoms with E-state index < -0.39 is 6.10 Å². The van der Waals surface area contributed by atoms with E-state index in [0.29, 0.717) is 12.8 Å². The Balaban J connectivity index is 2.28. The van der Waals surface area contributed by atoms with E-state index in [1.54, 1.807) is 0 Å². The second-order valence-corrected chi connectivity index (χ2v) is 20.0. The van der Waals surface area contributed by atoms with Crippen molar-refractivity contribution in [3.63, 3.8) is 0 Å². The number of esters is 2. The van der Waals surface area contributed by atoms with Crippen LogP contribution in [0, 0.1) is 0 Å². The number of carbonyl (C=O) groups excluding carboxylic acids is 2. The molecule has 1 rings (SSSR count). The van der Waals surface area contributed by atoms with Gasteiger partial charge in [-0.05, 0) is 25.7 Å². The maximum atomic E-state index is 13.0. The molecule has 6 heteroatoms. The number of carbonyl (C=O) groups is 2. The zero-order valence-electron chi connectivity index (χ0n) is 42.8. The first-order chi connectivity index (χ1) is 31.1. The molecular formula is C57H110O6. The van der Waals surface area contributed by atoms with E-state index in [1.165, 1.54) is 244 Å². The fourth-order valence-electron chi connectivity index (χ4n) is 9.34. The first kappa shape index (κ1) is 59.9. The van der Waals surface area contributed by atoms with Gasteiger partial charge in [0.1, 0.15) is 6.61 Å². The monoisotopic (exact) mass is 891 g/mol. The van der Waals surface area contributed by atoms with Crippen LogP contribution in [0.25, 0.3) is 0 Å². The van der Waals surface area contributed by atoms with Crippen LogP contribution in [0.2, 0.25) is 0 Å². The molecule has 0 saturated carbocycles. The lowest BCUT2D eigenvalue weighted by Crippen LogP contribution is -2.31. The molecule has 1 saturated heterocycles. The molecule has 0 N–H and O–H groups in total. The highest BCUT2D eigenvalue weighted by atomic mass is 16.7. The average molecular weight is 892 g/mol. The lowest BCUT2D eigenvalue weighted by atomic mass is 10.0. The van der Waals surface area contributed by atoms with Gasteiger partial charge >= 0.3 is 11.9 Å². The molecule has 0 amide bonds. The third-order valence-electron chi connectivity index (χ3n) is 13.6. The summed E-state index contributed by atoms with van der Waals surface area (Å²) >= 11 is 0. The molecule has 1 fully saturated rings. The molecule has 374 valence electrons. The van der Waals surface area contributed by atoms with Gasteiger partial charge in [-0.2, -0.15) is 0 Å². The zero-order valence-corrected chi connectivity index (χ0v) is 42.8. The maximum absolute atomic E-state index is 13.0. The van der Waals surface area contributed by atoms with Gasteiger partial charge in [-0.25, -0.2) is 0 Å². The summed E-state index contributed by atoms with van der Waals surface area (Å²) in [6.07, 6.45) is 58.4. The number of hydrogen-bond donors (Lipinski definition) is 0. The quantitative estimate of drug-likeness (QED) is 0.0448. The molecule has 1 heterocycles. The summed E-state index contributed by atoms with van der Waals surface area (Å²) < 4.78 is 24.0. The van der Waals surface area contributed by atoms with Crippen molar-refractivity contribution in [1.29, 1.82) is 0 Å². The Morgan fingerprint density at radius 1 is 0.397 bits per heavy atom. The summed E-state index contributed by atoms with van der Waals surface area (Å²) in [5.41, 5.74) is 0. The Labute approximate surface area is 393 Å². The summed E-state index contributed by atoms with van der Waals surface area (Å²) in [6.45, 7) is 7.11. The van der Waals surface area contributed by atoms with Crippen LogP contribution in [0.1, 0.15) is 323 Å². The van der Waals surface area contributed by atoms with Crippen molar-refractivity contribution in [3.05, 3.63) is 0 Å². The molecule has 0 bridgehead atoms. The molecule has 1 unspecified atom stereocenters. The molecule has 1 aliphatic rings. The minimum atomic E-state index is -0.599. The van der Waals surface area contributed by atoms with Gasteiger partial charge in [-0.1, -0.05) is 278 Å². The Kier molecular flexibility index (Phi) is 46.4. The van der Waals surface area contributed by atoms with Crippen molar-refractivity contribution in [2.24, 2.45) is 0 Å². The predicted octanol–water partition coefficient (Wildman–Crippen LogP) is 18.6. The first-order valence-electron chi connectivity index (χ1n) is 28.7. The fourth-order valence-corrected chi connectivity index (χ4v) is 9.34. The Bertz CT molecular complexity index is 940. The highest BCUT2D eigenvalue weighted by molar-refractivity contribution is 5.70. The van der Waals surface area contributed by atoms with Gasteiger partial charge in [0, 0.05) is 19.3 Å². The van der Waals surface area contributed by atoms with Gasteiger partial charge in [0.05, 0.1) is 12.7 Å². The van der Waals surface area contributed by atoms with E-state index in [0.717, 1.165) is 44.9 Å². The van der Waals surface area contributed by atoms with Gasteiger partial charge in [-0.15, -0.1) is 0 Å². The topological polar surface area (TPSA) is 71.1 Å². The second-order valence-electron chi connectivity index (χ2n) is 20.0. The Morgan fingerprint density at radius 2 is 0.714 bits per heavy atom. The highest BCUT2D eigenvalue weighted by Crippen LogP contribution is 2.26. The van der Waals surface area contributed by atoms with Crippen molar-refractivity contribution >= 4 is 11.9 Å². The normalized spacial score (nSPS) is 15.6. The first-order valence-corrected chi connectivity index (χ1v) is 28.7. The molecule has 0 aromatic heterocycles. The van der Waals surface area contributed by atoms with Gasteiger partial charge in [0.15, 0.2) is 12.4 Å². The third kappa shape index (κ3) is 43.2. The Morgan fingerprint density at radius 3 is 1.08 bits per heavy atom. The van der Waals surface area contributed by atoms with Crippen LogP contribution in [0.15, 0.2) is 0 Å². The molecule has 0 spiro atoms. The lowest BCUT2D eigenvalue weighted by molar-refractivity contribution is -0.179. The van der Waals surface area contributed by atoms with Crippen molar-refractivity contribution in [2.75, 3.05) is 13.2 Å². The van der Waals surface area contributed by atoms with Crippen LogP contribution in [0.3, 0.4) is 0 Å². The van der Waals surface area contributed by atoms with E-state index in [-0.39, 0.29) is 37.5 Å². The molecule has 0 radical (unpaired) electrons. The minimum Gasteiger partial charge on any atom is -0.462 e. The zero-order chi connectivity index (χ0) is 45.4. The highest BCUT2D eigenvalue weighted by Gasteiger charge is 2.27. The van der Waals surface area contributed by atoms with Crippen LogP contribution < -0.4 is 0 Å². The number of unbranched alkanes of at least 4 members (excludes halogenated alkanes) is 39. The van der Waals surface area contributed by atoms with Crippen LogP contribution in [0.5, 0.6) is 0 Å². The van der Waals surface area contributed by atoms with E-state index >= 15 is 0 Å². The fraction of sp³-hybridized carbons (Fsp3) is 0.965. The number of rotatable bonds is 51. The number of ether oxygens (including phenoxy) is 4. The molecule has 1 aliphatic heterocycles. The molecule has 0 aliphatic carbocycles. The van der Waals surface area contributed by atoms with E-state index in [9.17, 15) is 9.59 Å². The van der Waals surface area contributed by atoms with Crippen LogP contribution in [-0.4, -0.2) is 43.7 Å². The van der Waals surface area contributed by atoms with E-state index in [2.05, 4.69) is 20.8 Å². The molecule has 0 aromatic carbocycles. The molecule has 63 heavy (non-hydrogen) atoms. The molecule has 3 atom stereocenters. The van der Waals surface area contributed by atoms with Gasteiger partial charge in [0.2, 0.25) is 0 Å². The summed E-state index contributed by atoms with van der Waals surface area (Å²) in [6, 6.07) is 0. The largest absolute Gasteiger partial charge is 0.462 e. The summed E-state index contributed by atoms with van der Waals surface area (Å²) in [4.78, 5) is 25.7. The number of hydrogen-bond acceptors (Lipinski definition) is 6. The van der Waals surface area contributed by atoms with Crippen LogP contribution in [0.4, 0.5) is 0 Å². The predicted molar refractivity (Wildman–Crippen MR) is 269 cm³/mol. The van der Waals surface area contributed by atoms with Gasteiger partial charge in [0.25, 0.3) is 0 Å². The SMILES string of the molecule is CCCCCCCCCCCCCCCCCC(=O)OC[C@@H](COC1CC[C@@H](CCCCCCCCCCCCCC)O1)OC(=O)CCCCCCCCCCCCCCCCC. The molecule has 0 aromatic rings. The second kappa shape index (κ2) is 48.8.